The highest BCUT2D eigenvalue weighted by molar-refractivity contribution is 5.35. The molecule has 78 valence electrons. The molecule has 0 unspecified atom stereocenters. The van der Waals surface area contributed by atoms with Gasteiger partial charge in [0.15, 0.2) is 0 Å². The van der Waals surface area contributed by atoms with Crippen LogP contribution in [0.25, 0.3) is 0 Å². The normalized spacial score (nSPS) is 9.64. The number of hydrogen-bond donors (Lipinski definition) is 2. The predicted molar refractivity (Wildman–Crippen MR) is 54.7 cm³/mol. The summed E-state index contributed by atoms with van der Waals surface area (Å²) in [6.07, 6.45) is 0. The van der Waals surface area contributed by atoms with Gasteiger partial charge in [0.2, 0.25) is 11.9 Å². The van der Waals surface area contributed by atoms with Crippen molar-refractivity contribution in [2.24, 2.45) is 0 Å². The van der Waals surface area contributed by atoms with Crippen LogP contribution in [0.1, 0.15) is 13.8 Å². The van der Waals surface area contributed by atoms with Gasteiger partial charge in [0.25, 0.3) is 0 Å². The van der Waals surface area contributed by atoms with Gasteiger partial charge in [0.05, 0.1) is 6.61 Å². The summed E-state index contributed by atoms with van der Waals surface area (Å²) in [5.74, 6) is 1.02. The highest BCUT2D eigenvalue weighted by atomic mass is 16.5. The van der Waals surface area contributed by atoms with Crippen LogP contribution in [-0.2, 0) is 0 Å². The van der Waals surface area contributed by atoms with Gasteiger partial charge in [-0.3, -0.25) is 0 Å². The van der Waals surface area contributed by atoms with E-state index in [0.717, 1.165) is 6.54 Å². The summed E-state index contributed by atoms with van der Waals surface area (Å²) in [6.45, 7) is 5.16. The summed E-state index contributed by atoms with van der Waals surface area (Å²) in [7, 11) is 1.75. The van der Waals surface area contributed by atoms with Gasteiger partial charge in [-0.15, -0.1) is 0 Å². The molecule has 2 N–H and O–H groups in total. The van der Waals surface area contributed by atoms with Gasteiger partial charge in [0.1, 0.15) is 0 Å². The van der Waals surface area contributed by atoms with Gasteiger partial charge in [-0.2, -0.15) is 15.0 Å². The molecule has 0 atom stereocenters. The fourth-order valence-electron chi connectivity index (χ4n) is 0.899. The Morgan fingerprint density at radius 3 is 2.43 bits per heavy atom. The van der Waals surface area contributed by atoms with E-state index in [-0.39, 0.29) is 0 Å². The lowest BCUT2D eigenvalue weighted by molar-refractivity contribution is 0.312. The Bertz CT molecular complexity index is 267. The Balaban J connectivity index is 2.88. The van der Waals surface area contributed by atoms with Crippen LogP contribution in [0.5, 0.6) is 6.01 Å². The third-order valence-electron chi connectivity index (χ3n) is 1.45. The standard InChI is InChI=1S/C8H15N5O/c1-4-10-7-11-6(9-3)12-8(13-7)14-5-2/h4-5H2,1-3H3,(H2,9,10,11,12,13). The molecule has 1 aromatic heterocycles. The molecule has 0 saturated carbocycles. The first-order valence-electron chi connectivity index (χ1n) is 4.60. The fourth-order valence-corrected chi connectivity index (χ4v) is 0.899. The van der Waals surface area contributed by atoms with Crippen molar-refractivity contribution in [3.8, 4) is 6.01 Å². The molecule has 6 nitrogen and oxygen atoms in total. The van der Waals surface area contributed by atoms with E-state index in [1.54, 1.807) is 7.05 Å². The van der Waals surface area contributed by atoms with Crippen molar-refractivity contribution in [1.82, 2.24) is 15.0 Å². The Labute approximate surface area is 83.1 Å². The maximum absolute atomic E-state index is 5.19. The zero-order valence-corrected chi connectivity index (χ0v) is 8.66. The first-order chi connectivity index (χ1) is 6.80. The minimum atomic E-state index is 0.336. The fraction of sp³-hybridized carbons (Fsp3) is 0.625. The Morgan fingerprint density at radius 1 is 1.14 bits per heavy atom. The molecule has 0 amide bonds. The zero-order chi connectivity index (χ0) is 10.4. The monoisotopic (exact) mass is 197 g/mol. The molecular weight excluding hydrogens is 182 g/mol. The quantitative estimate of drug-likeness (QED) is 0.725. The van der Waals surface area contributed by atoms with Gasteiger partial charge in [0, 0.05) is 13.6 Å². The number of anilines is 2. The van der Waals surface area contributed by atoms with E-state index in [2.05, 4.69) is 25.6 Å². The maximum Gasteiger partial charge on any atom is 0.323 e. The molecule has 6 heteroatoms. The number of rotatable bonds is 5. The number of aromatic nitrogens is 3. The van der Waals surface area contributed by atoms with E-state index in [1.807, 2.05) is 13.8 Å². The molecule has 0 aliphatic carbocycles. The second kappa shape index (κ2) is 5.21. The Hall–Kier alpha value is -1.59. The van der Waals surface area contributed by atoms with Crippen LogP contribution in [-0.4, -0.2) is 35.2 Å². The summed E-state index contributed by atoms with van der Waals surface area (Å²) in [6, 6.07) is 0.336. The van der Waals surface area contributed by atoms with E-state index in [4.69, 9.17) is 4.74 Å². The van der Waals surface area contributed by atoms with Crippen molar-refractivity contribution >= 4 is 11.9 Å². The highest BCUT2D eigenvalue weighted by Crippen LogP contribution is 2.09. The van der Waals surface area contributed by atoms with Crippen LogP contribution in [0.15, 0.2) is 0 Å². The second-order valence-electron chi connectivity index (χ2n) is 2.48. The van der Waals surface area contributed by atoms with Crippen molar-refractivity contribution < 1.29 is 4.74 Å². The Kier molecular flexibility index (Phi) is 3.90. The SMILES string of the molecule is CCNc1nc(NC)nc(OCC)n1. The van der Waals surface area contributed by atoms with Gasteiger partial charge in [-0.1, -0.05) is 0 Å². The van der Waals surface area contributed by atoms with E-state index in [9.17, 15) is 0 Å². The lowest BCUT2D eigenvalue weighted by Crippen LogP contribution is -2.08. The Morgan fingerprint density at radius 2 is 1.86 bits per heavy atom. The van der Waals surface area contributed by atoms with E-state index >= 15 is 0 Å². The van der Waals surface area contributed by atoms with Crippen molar-refractivity contribution in [3.63, 3.8) is 0 Å². The van der Waals surface area contributed by atoms with Crippen LogP contribution < -0.4 is 15.4 Å². The summed E-state index contributed by atoms with van der Waals surface area (Å²) in [5.41, 5.74) is 0. The topological polar surface area (TPSA) is 72.0 Å². The lowest BCUT2D eigenvalue weighted by Gasteiger charge is -2.06. The summed E-state index contributed by atoms with van der Waals surface area (Å²) >= 11 is 0. The van der Waals surface area contributed by atoms with Gasteiger partial charge in [-0.25, -0.2) is 0 Å². The number of nitrogens with one attached hydrogen (secondary N) is 2. The molecule has 0 aliphatic rings. The molecule has 0 fully saturated rings. The maximum atomic E-state index is 5.19. The minimum absolute atomic E-state index is 0.336. The number of ether oxygens (including phenoxy) is 1. The van der Waals surface area contributed by atoms with E-state index in [0.29, 0.717) is 24.5 Å². The first-order valence-corrected chi connectivity index (χ1v) is 4.60. The summed E-state index contributed by atoms with van der Waals surface area (Å²) in [5, 5.41) is 5.84. The number of hydrogen-bond acceptors (Lipinski definition) is 6. The van der Waals surface area contributed by atoms with Gasteiger partial charge in [-0.05, 0) is 13.8 Å². The smallest absolute Gasteiger partial charge is 0.323 e. The summed E-state index contributed by atoms with van der Waals surface area (Å²) in [4.78, 5) is 12.2. The van der Waals surface area contributed by atoms with Crippen LogP contribution in [0, 0.1) is 0 Å². The molecule has 0 bridgehead atoms. The molecule has 1 aromatic rings. The highest BCUT2D eigenvalue weighted by Gasteiger charge is 2.04. The molecule has 14 heavy (non-hydrogen) atoms. The molecule has 1 rings (SSSR count). The molecule has 0 aliphatic heterocycles. The van der Waals surface area contributed by atoms with Crippen LogP contribution in [0.3, 0.4) is 0 Å². The van der Waals surface area contributed by atoms with Gasteiger partial charge < -0.3 is 15.4 Å². The van der Waals surface area contributed by atoms with E-state index in [1.165, 1.54) is 0 Å². The average molecular weight is 197 g/mol. The van der Waals surface area contributed by atoms with Crippen molar-refractivity contribution in [3.05, 3.63) is 0 Å². The second-order valence-corrected chi connectivity index (χ2v) is 2.48. The largest absolute Gasteiger partial charge is 0.464 e. The van der Waals surface area contributed by atoms with E-state index < -0.39 is 0 Å². The zero-order valence-electron chi connectivity index (χ0n) is 8.66. The van der Waals surface area contributed by atoms with Crippen LogP contribution in [0.2, 0.25) is 0 Å². The van der Waals surface area contributed by atoms with Crippen molar-refractivity contribution in [2.75, 3.05) is 30.8 Å². The average Bonchev–Trinajstić information content (AvgIpc) is 2.18. The predicted octanol–water partition coefficient (Wildman–Crippen LogP) is 0.744. The van der Waals surface area contributed by atoms with Crippen LogP contribution >= 0.6 is 0 Å². The summed E-state index contributed by atoms with van der Waals surface area (Å²) < 4.78 is 5.19. The molecule has 1 heterocycles. The lowest BCUT2D eigenvalue weighted by atomic mass is 10.7. The minimum Gasteiger partial charge on any atom is -0.464 e. The third-order valence-corrected chi connectivity index (χ3v) is 1.45. The molecule has 0 saturated heterocycles. The molecule has 0 spiro atoms. The molecule has 0 aromatic carbocycles. The third kappa shape index (κ3) is 2.72. The first kappa shape index (κ1) is 10.5. The molecule has 0 radical (unpaired) electrons. The molecular formula is C8H15N5O. The van der Waals surface area contributed by atoms with Gasteiger partial charge >= 0.3 is 6.01 Å². The van der Waals surface area contributed by atoms with Crippen LogP contribution in [0.4, 0.5) is 11.9 Å². The number of nitrogens with zero attached hydrogens (tertiary/aromatic N) is 3. The van der Waals surface area contributed by atoms with Crippen molar-refractivity contribution in [2.45, 2.75) is 13.8 Å². The van der Waals surface area contributed by atoms with Crippen molar-refractivity contribution in [1.29, 1.82) is 0 Å².